The van der Waals surface area contributed by atoms with Crippen molar-refractivity contribution in [1.29, 1.82) is 0 Å². The Morgan fingerprint density at radius 1 is 1.50 bits per heavy atom. The molecule has 1 fully saturated rings. The molecule has 1 saturated heterocycles. The molecule has 0 spiro atoms. The fraction of sp³-hybridized carbons (Fsp3) is 0.875. The van der Waals surface area contributed by atoms with Gasteiger partial charge >= 0.3 is 0 Å². The minimum atomic E-state index is 0.144. The van der Waals surface area contributed by atoms with Gasteiger partial charge < -0.3 is 4.90 Å². The van der Waals surface area contributed by atoms with Gasteiger partial charge in [0.05, 0.1) is 0 Å². The third-order valence-electron chi connectivity index (χ3n) is 2.54. The van der Waals surface area contributed by atoms with Gasteiger partial charge in [-0.1, -0.05) is 0 Å². The number of amides is 1. The summed E-state index contributed by atoms with van der Waals surface area (Å²) in [5, 5.41) is 1.81. The van der Waals surface area contributed by atoms with Crippen molar-refractivity contribution in [3.05, 3.63) is 0 Å². The van der Waals surface area contributed by atoms with Crippen LogP contribution in [0.5, 0.6) is 0 Å². The van der Waals surface area contributed by atoms with Crippen molar-refractivity contribution >= 4 is 5.91 Å². The Kier molecular flexibility index (Phi) is 3.05. The molecule has 12 heavy (non-hydrogen) atoms. The Hall–Kier alpha value is -0.610. The summed E-state index contributed by atoms with van der Waals surface area (Å²) in [7, 11) is 1.86. The predicted octanol–water partition coefficient (Wildman–Crippen LogP) is -0.197. The van der Waals surface area contributed by atoms with Crippen molar-refractivity contribution < 1.29 is 4.79 Å². The first kappa shape index (κ1) is 9.48. The van der Waals surface area contributed by atoms with Crippen molar-refractivity contribution in [3.8, 4) is 0 Å². The average Bonchev–Trinajstić information content (AvgIpc) is 2.04. The van der Waals surface area contributed by atoms with E-state index in [-0.39, 0.29) is 5.91 Å². The number of hydrogen-bond donors (Lipinski definition) is 1. The lowest BCUT2D eigenvalue weighted by Crippen LogP contribution is -2.47. The van der Waals surface area contributed by atoms with Crippen LogP contribution in [0.3, 0.4) is 0 Å². The van der Waals surface area contributed by atoms with E-state index in [0.717, 1.165) is 25.9 Å². The second-order valence-corrected chi connectivity index (χ2v) is 3.40. The first-order chi connectivity index (χ1) is 5.61. The van der Waals surface area contributed by atoms with E-state index in [1.807, 2.05) is 17.0 Å². The van der Waals surface area contributed by atoms with E-state index in [0.29, 0.717) is 6.04 Å². The van der Waals surface area contributed by atoms with Gasteiger partial charge in [0, 0.05) is 33.1 Å². The highest BCUT2D eigenvalue weighted by molar-refractivity contribution is 5.73. The van der Waals surface area contributed by atoms with Crippen molar-refractivity contribution in [2.24, 2.45) is 5.84 Å². The van der Waals surface area contributed by atoms with Crippen molar-refractivity contribution in [3.63, 3.8) is 0 Å². The lowest BCUT2D eigenvalue weighted by molar-refractivity contribution is -0.130. The number of piperidine rings is 1. The van der Waals surface area contributed by atoms with Gasteiger partial charge in [-0.05, 0) is 12.8 Å². The van der Waals surface area contributed by atoms with E-state index >= 15 is 0 Å². The summed E-state index contributed by atoms with van der Waals surface area (Å²) in [6, 6.07) is 0.391. The van der Waals surface area contributed by atoms with Crippen LogP contribution < -0.4 is 5.84 Å². The molecular weight excluding hydrogens is 154 g/mol. The van der Waals surface area contributed by atoms with Crippen LogP contribution in [0.25, 0.3) is 0 Å². The van der Waals surface area contributed by atoms with Crippen molar-refractivity contribution in [2.75, 3.05) is 20.1 Å². The van der Waals surface area contributed by atoms with Crippen LogP contribution in [-0.2, 0) is 4.79 Å². The van der Waals surface area contributed by atoms with Crippen molar-refractivity contribution in [2.45, 2.75) is 25.8 Å². The van der Waals surface area contributed by atoms with E-state index in [4.69, 9.17) is 5.84 Å². The Morgan fingerprint density at radius 2 is 2.00 bits per heavy atom. The number of hydrogen-bond acceptors (Lipinski definition) is 3. The molecule has 1 amide bonds. The summed E-state index contributed by atoms with van der Waals surface area (Å²) >= 11 is 0. The molecule has 0 aromatic heterocycles. The largest absolute Gasteiger partial charge is 0.343 e. The molecule has 0 aliphatic carbocycles. The van der Waals surface area contributed by atoms with E-state index in [2.05, 4.69) is 0 Å². The Balaban J connectivity index is 2.39. The predicted molar refractivity (Wildman–Crippen MR) is 47.2 cm³/mol. The molecular formula is C8H17N3O. The van der Waals surface area contributed by atoms with E-state index in [1.165, 1.54) is 0 Å². The minimum absolute atomic E-state index is 0.144. The van der Waals surface area contributed by atoms with Crippen LogP contribution in [0.4, 0.5) is 0 Å². The van der Waals surface area contributed by atoms with Gasteiger partial charge in [-0.25, -0.2) is 5.01 Å². The fourth-order valence-electron chi connectivity index (χ4n) is 1.53. The molecule has 0 aromatic carbocycles. The molecule has 1 rings (SSSR count). The topological polar surface area (TPSA) is 49.6 Å². The zero-order valence-electron chi connectivity index (χ0n) is 7.79. The molecule has 0 bridgehead atoms. The van der Waals surface area contributed by atoms with Crippen LogP contribution in [0.2, 0.25) is 0 Å². The molecule has 1 aliphatic heterocycles. The molecule has 1 aliphatic rings. The van der Waals surface area contributed by atoms with Gasteiger partial charge in [0.25, 0.3) is 0 Å². The summed E-state index contributed by atoms with van der Waals surface area (Å²) in [6.07, 6.45) is 1.99. The lowest BCUT2D eigenvalue weighted by Gasteiger charge is -2.34. The summed E-state index contributed by atoms with van der Waals surface area (Å²) in [5.74, 6) is 5.75. The SMILES string of the molecule is CC(=O)N(C)C1CCN(N)CC1. The lowest BCUT2D eigenvalue weighted by atomic mass is 10.1. The Labute approximate surface area is 73.3 Å². The molecule has 0 radical (unpaired) electrons. The third-order valence-corrected chi connectivity index (χ3v) is 2.54. The van der Waals surface area contributed by atoms with Gasteiger partial charge in [0.15, 0.2) is 0 Å². The maximum atomic E-state index is 11.0. The first-order valence-corrected chi connectivity index (χ1v) is 4.34. The normalized spacial score (nSPS) is 20.9. The Bertz CT molecular complexity index is 164. The molecule has 4 heteroatoms. The molecule has 0 saturated carbocycles. The van der Waals surface area contributed by atoms with Gasteiger partial charge in [-0.3, -0.25) is 10.6 Å². The smallest absolute Gasteiger partial charge is 0.219 e. The zero-order valence-corrected chi connectivity index (χ0v) is 7.79. The van der Waals surface area contributed by atoms with E-state index in [9.17, 15) is 4.79 Å². The highest BCUT2D eigenvalue weighted by atomic mass is 16.2. The zero-order chi connectivity index (χ0) is 9.14. The summed E-state index contributed by atoms with van der Waals surface area (Å²) < 4.78 is 0. The summed E-state index contributed by atoms with van der Waals surface area (Å²) in [4.78, 5) is 12.8. The molecule has 4 nitrogen and oxygen atoms in total. The minimum Gasteiger partial charge on any atom is -0.343 e. The standard InChI is InChI=1S/C8H17N3O/c1-7(12)10(2)8-3-5-11(9)6-4-8/h8H,3-6,9H2,1-2H3. The number of nitrogens with zero attached hydrogens (tertiary/aromatic N) is 2. The summed E-state index contributed by atoms with van der Waals surface area (Å²) in [6.45, 7) is 3.39. The van der Waals surface area contributed by atoms with Crippen molar-refractivity contribution in [1.82, 2.24) is 9.91 Å². The molecule has 2 N–H and O–H groups in total. The molecule has 1 heterocycles. The van der Waals surface area contributed by atoms with Crippen LogP contribution in [-0.4, -0.2) is 42.0 Å². The number of carbonyl (C=O) groups is 1. The van der Waals surface area contributed by atoms with Crippen LogP contribution >= 0.6 is 0 Å². The van der Waals surface area contributed by atoms with Gasteiger partial charge in [-0.2, -0.15) is 0 Å². The number of hydrazine groups is 1. The van der Waals surface area contributed by atoms with Gasteiger partial charge in [-0.15, -0.1) is 0 Å². The molecule has 0 aromatic rings. The van der Waals surface area contributed by atoms with E-state index in [1.54, 1.807) is 6.92 Å². The average molecular weight is 171 g/mol. The Morgan fingerprint density at radius 3 is 2.42 bits per heavy atom. The second kappa shape index (κ2) is 3.87. The van der Waals surface area contributed by atoms with Crippen LogP contribution in [0.15, 0.2) is 0 Å². The third kappa shape index (κ3) is 2.19. The molecule has 0 atom stereocenters. The monoisotopic (exact) mass is 171 g/mol. The number of rotatable bonds is 1. The second-order valence-electron chi connectivity index (χ2n) is 3.40. The highest BCUT2D eigenvalue weighted by Crippen LogP contribution is 2.12. The highest BCUT2D eigenvalue weighted by Gasteiger charge is 2.21. The first-order valence-electron chi connectivity index (χ1n) is 4.34. The van der Waals surface area contributed by atoms with E-state index < -0.39 is 0 Å². The maximum Gasteiger partial charge on any atom is 0.219 e. The van der Waals surface area contributed by atoms with Gasteiger partial charge in [0.2, 0.25) is 5.91 Å². The number of carbonyl (C=O) groups excluding carboxylic acids is 1. The molecule has 0 unspecified atom stereocenters. The van der Waals surface area contributed by atoms with Crippen LogP contribution in [0, 0.1) is 0 Å². The fourth-order valence-corrected chi connectivity index (χ4v) is 1.53. The maximum absolute atomic E-state index is 11.0. The summed E-state index contributed by atoms with van der Waals surface area (Å²) in [5.41, 5.74) is 0. The van der Waals surface area contributed by atoms with Crippen LogP contribution in [0.1, 0.15) is 19.8 Å². The molecule has 70 valence electrons. The number of nitrogens with two attached hydrogens (primary N) is 1. The quantitative estimate of drug-likeness (QED) is 0.556. The van der Waals surface area contributed by atoms with Gasteiger partial charge in [0.1, 0.15) is 0 Å².